The first-order valence-corrected chi connectivity index (χ1v) is 5.48. The molecule has 0 aromatic heterocycles. The highest BCUT2D eigenvalue weighted by Crippen LogP contribution is 2.48. The van der Waals surface area contributed by atoms with E-state index < -0.39 is 18.0 Å². The Morgan fingerprint density at radius 3 is 2.19 bits per heavy atom. The third-order valence-corrected chi connectivity index (χ3v) is 2.70. The lowest BCUT2D eigenvalue weighted by Gasteiger charge is -2.23. The van der Waals surface area contributed by atoms with E-state index in [1.54, 1.807) is 0 Å². The molecule has 90 valence electrons. The fraction of sp³-hybridized carbons (Fsp3) is 0.833. The molecular formula is C12H18F2N2. The highest BCUT2D eigenvalue weighted by molar-refractivity contribution is 5.09. The summed E-state index contributed by atoms with van der Waals surface area (Å²) in [5.74, 6) is -0.996. The smallest absolute Gasteiger partial charge is 0.201 e. The molecule has 16 heavy (non-hydrogen) atoms. The summed E-state index contributed by atoms with van der Waals surface area (Å²) in [5, 5.41) is 7.05. The molecule has 1 heterocycles. The van der Waals surface area contributed by atoms with Crippen molar-refractivity contribution < 1.29 is 8.78 Å². The summed E-state index contributed by atoms with van der Waals surface area (Å²) in [4.78, 5) is 0. The second-order valence-electron chi connectivity index (χ2n) is 5.52. The van der Waals surface area contributed by atoms with Crippen LogP contribution < -0.4 is 0 Å². The molecule has 0 aliphatic carbocycles. The second kappa shape index (κ2) is 4.12. The highest BCUT2D eigenvalue weighted by Gasteiger charge is 2.61. The van der Waals surface area contributed by atoms with E-state index in [1.165, 1.54) is 0 Å². The van der Waals surface area contributed by atoms with Crippen LogP contribution in [-0.4, -0.2) is 11.6 Å². The van der Waals surface area contributed by atoms with E-state index in [-0.39, 0.29) is 5.41 Å². The van der Waals surface area contributed by atoms with E-state index in [9.17, 15) is 8.78 Å². The van der Waals surface area contributed by atoms with Crippen LogP contribution in [0.5, 0.6) is 0 Å². The standard InChI is InChI=1S/C12H18F2N2/c1-5-7-11(13,14)12(15-16-12)9-6-8-10(2,3)4/h1H,6-9H2,2-4H3. The van der Waals surface area contributed by atoms with Gasteiger partial charge in [-0.1, -0.05) is 20.8 Å². The summed E-state index contributed by atoms with van der Waals surface area (Å²) in [6, 6.07) is 0. The number of terminal acetylenes is 1. The van der Waals surface area contributed by atoms with Gasteiger partial charge in [-0.05, 0) is 18.3 Å². The maximum atomic E-state index is 13.6. The maximum absolute atomic E-state index is 13.6. The Balaban J connectivity index is 2.45. The van der Waals surface area contributed by atoms with Crippen molar-refractivity contribution >= 4 is 0 Å². The van der Waals surface area contributed by atoms with Crippen molar-refractivity contribution in [2.75, 3.05) is 0 Å². The van der Waals surface area contributed by atoms with Crippen molar-refractivity contribution in [1.29, 1.82) is 0 Å². The summed E-state index contributed by atoms with van der Waals surface area (Å²) < 4.78 is 27.1. The van der Waals surface area contributed by atoms with E-state index in [0.29, 0.717) is 12.8 Å². The third kappa shape index (κ3) is 3.01. The molecule has 1 rings (SSSR count). The van der Waals surface area contributed by atoms with Gasteiger partial charge >= 0.3 is 5.92 Å². The van der Waals surface area contributed by atoms with Gasteiger partial charge in [0.1, 0.15) is 0 Å². The van der Waals surface area contributed by atoms with Crippen LogP contribution in [0, 0.1) is 17.8 Å². The topological polar surface area (TPSA) is 24.7 Å². The molecule has 2 nitrogen and oxygen atoms in total. The Hall–Kier alpha value is -0.980. The van der Waals surface area contributed by atoms with Crippen LogP contribution in [0.1, 0.15) is 46.5 Å². The van der Waals surface area contributed by atoms with Crippen LogP contribution in [0.25, 0.3) is 0 Å². The number of alkyl halides is 2. The van der Waals surface area contributed by atoms with Gasteiger partial charge in [0.2, 0.25) is 0 Å². The lowest BCUT2D eigenvalue weighted by molar-refractivity contribution is -0.0433. The van der Waals surface area contributed by atoms with Gasteiger partial charge in [0.25, 0.3) is 5.66 Å². The molecule has 0 saturated carbocycles. The SMILES string of the molecule is C#CCC(F)(F)C1(CCCC(C)(C)C)N=N1. The highest BCUT2D eigenvalue weighted by atomic mass is 19.3. The van der Waals surface area contributed by atoms with Gasteiger partial charge < -0.3 is 0 Å². The van der Waals surface area contributed by atoms with Crippen molar-refractivity contribution in [2.24, 2.45) is 15.6 Å². The number of hydrogen-bond acceptors (Lipinski definition) is 2. The molecule has 0 spiro atoms. The fourth-order valence-electron chi connectivity index (χ4n) is 1.62. The van der Waals surface area contributed by atoms with Crippen LogP contribution in [-0.2, 0) is 0 Å². The molecule has 0 radical (unpaired) electrons. The van der Waals surface area contributed by atoms with E-state index in [2.05, 4.69) is 31.0 Å². The molecule has 1 aliphatic rings. The first kappa shape index (κ1) is 13.1. The quantitative estimate of drug-likeness (QED) is 0.635. The Labute approximate surface area is 95.5 Å². The zero-order valence-electron chi connectivity index (χ0n) is 10.1. The number of nitrogens with zero attached hydrogens (tertiary/aromatic N) is 2. The van der Waals surface area contributed by atoms with Crippen molar-refractivity contribution in [3.05, 3.63) is 0 Å². The van der Waals surface area contributed by atoms with Crippen LogP contribution in [0.2, 0.25) is 0 Å². The minimum absolute atomic E-state index is 0.150. The zero-order chi connectivity index (χ0) is 12.4. The minimum atomic E-state index is -2.99. The number of rotatable bonds is 5. The van der Waals surface area contributed by atoms with Gasteiger partial charge in [0, 0.05) is 6.42 Å². The van der Waals surface area contributed by atoms with Crippen molar-refractivity contribution in [3.8, 4) is 12.3 Å². The van der Waals surface area contributed by atoms with Gasteiger partial charge in [-0.3, -0.25) is 0 Å². The zero-order valence-corrected chi connectivity index (χ0v) is 10.1. The fourth-order valence-corrected chi connectivity index (χ4v) is 1.62. The molecular weight excluding hydrogens is 210 g/mol. The van der Waals surface area contributed by atoms with Gasteiger partial charge in [-0.15, -0.1) is 12.3 Å². The second-order valence-corrected chi connectivity index (χ2v) is 5.52. The summed E-state index contributed by atoms with van der Waals surface area (Å²) in [5.41, 5.74) is -1.36. The van der Waals surface area contributed by atoms with E-state index in [0.717, 1.165) is 6.42 Å². The van der Waals surface area contributed by atoms with Gasteiger partial charge in [-0.25, -0.2) is 8.78 Å². The van der Waals surface area contributed by atoms with Crippen LogP contribution in [0.15, 0.2) is 10.2 Å². The Bertz CT molecular complexity index is 315. The van der Waals surface area contributed by atoms with E-state index in [1.807, 2.05) is 5.92 Å². The number of halogens is 2. The monoisotopic (exact) mass is 228 g/mol. The molecule has 0 atom stereocenters. The lowest BCUT2D eigenvalue weighted by atomic mass is 9.87. The van der Waals surface area contributed by atoms with E-state index >= 15 is 0 Å². The molecule has 0 N–H and O–H groups in total. The number of hydrogen-bond donors (Lipinski definition) is 0. The van der Waals surface area contributed by atoms with Gasteiger partial charge in [0.05, 0.1) is 6.42 Å². The minimum Gasteiger partial charge on any atom is -0.201 e. The van der Waals surface area contributed by atoms with Crippen molar-refractivity contribution in [1.82, 2.24) is 0 Å². The molecule has 0 aromatic rings. The largest absolute Gasteiger partial charge is 0.306 e. The van der Waals surface area contributed by atoms with Crippen molar-refractivity contribution in [2.45, 2.75) is 58.0 Å². The van der Waals surface area contributed by atoms with Crippen molar-refractivity contribution in [3.63, 3.8) is 0 Å². The van der Waals surface area contributed by atoms with Gasteiger partial charge in [-0.2, -0.15) is 10.2 Å². The predicted octanol–water partition coefficient (Wildman–Crippen LogP) is 4.02. The molecule has 4 heteroatoms. The van der Waals surface area contributed by atoms with Crippen LogP contribution in [0.4, 0.5) is 8.78 Å². The first-order chi connectivity index (χ1) is 7.22. The molecule has 0 aromatic carbocycles. The molecule has 1 aliphatic heterocycles. The van der Waals surface area contributed by atoms with Crippen LogP contribution >= 0.6 is 0 Å². The normalized spacial score (nSPS) is 18.2. The summed E-state index contributed by atoms with van der Waals surface area (Å²) in [7, 11) is 0. The van der Waals surface area contributed by atoms with Gasteiger partial charge in [0.15, 0.2) is 0 Å². The molecule has 0 fully saturated rings. The lowest BCUT2D eigenvalue weighted by Crippen LogP contribution is -2.36. The summed E-state index contributed by atoms with van der Waals surface area (Å²) in [6.45, 7) is 6.25. The average Bonchev–Trinajstić information content (AvgIpc) is 2.83. The Morgan fingerprint density at radius 1 is 1.25 bits per heavy atom. The molecule has 0 saturated heterocycles. The maximum Gasteiger partial charge on any atom is 0.306 e. The van der Waals surface area contributed by atoms with E-state index in [4.69, 9.17) is 6.42 Å². The average molecular weight is 228 g/mol. The predicted molar refractivity (Wildman–Crippen MR) is 59.3 cm³/mol. The third-order valence-electron chi connectivity index (χ3n) is 2.70. The van der Waals surface area contributed by atoms with Crippen LogP contribution in [0.3, 0.4) is 0 Å². The molecule has 0 unspecified atom stereocenters. The Morgan fingerprint density at radius 2 is 1.81 bits per heavy atom. The molecule has 0 amide bonds. The summed E-state index contributed by atoms with van der Waals surface area (Å²) in [6.07, 6.45) is 6.20. The first-order valence-electron chi connectivity index (χ1n) is 5.48. The Kier molecular flexibility index (Phi) is 3.37. The summed E-state index contributed by atoms with van der Waals surface area (Å²) >= 11 is 0. The molecule has 0 bridgehead atoms.